The predicted molar refractivity (Wildman–Crippen MR) is 134 cm³/mol. The van der Waals surface area contributed by atoms with Crippen molar-refractivity contribution < 1.29 is 9.47 Å². The summed E-state index contributed by atoms with van der Waals surface area (Å²) in [7, 11) is 0. The van der Waals surface area contributed by atoms with Gasteiger partial charge in [0.25, 0.3) is 0 Å². The first kappa shape index (κ1) is 21.8. The number of rotatable bonds is 6. The molecule has 0 aliphatic rings. The number of hydrogen-bond acceptors (Lipinski definition) is 2. The summed E-state index contributed by atoms with van der Waals surface area (Å²) in [6.45, 7) is 4.43. The molecule has 156 valence electrons. The Hall–Kier alpha value is -2.40. The second-order valence-corrected chi connectivity index (χ2v) is 10.8. The van der Waals surface area contributed by atoms with Crippen molar-refractivity contribution in [2.75, 3.05) is 0 Å². The first-order valence-corrected chi connectivity index (χ1v) is 12.6. The Morgan fingerprint density at radius 1 is 0.516 bits per heavy atom. The molecular weight excluding hydrogens is 506 g/mol. The molecule has 0 saturated heterocycles. The molecule has 4 heteroatoms. The Kier molecular flexibility index (Phi) is 6.61. The van der Waals surface area contributed by atoms with Crippen molar-refractivity contribution in [2.24, 2.45) is 0 Å². The van der Waals surface area contributed by atoms with E-state index in [2.05, 4.69) is 62.4 Å². The number of hydrogen-bond donors (Lipinski definition) is 0. The maximum absolute atomic E-state index is 6.31. The molecular formula is C27H26As2O2. The summed E-state index contributed by atoms with van der Waals surface area (Å²) in [5.74, 6) is 3.40. The number of ether oxygens (including phenoxy) is 2. The van der Waals surface area contributed by atoms with E-state index in [0.29, 0.717) is 0 Å². The molecule has 0 N–H and O–H groups in total. The van der Waals surface area contributed by atoms with Gasteiger partial charge in [-0.2, -0.15) is 0 Å². The third kappa shape index (κ3) is 5.09. The van der Waals surface area contributed by atoms with Crippen LogP contribution in [-0.2, 0) is 5.41 Å². The van der Waals surface area contributed by atoms with E-state index in [-0.39, 0.29) is 5.41 Å². The van der Waals surface area contributed by atoms with E-state index in [4.69, 9.17) is 9.47 Å². The summed E-state index contributed by atoms with van der Waals surface area (Å²) in [5.41, 5.74) is 1.90. The molecule has 0 aromatic heterocycles. The van der Waals surface area contributed by atoms with Gasteiger partial charge < -0.3 is 0 Å². The SMILES string of the molecule is CC(C)(c1ccccc1Oc1ccc([AsH2])cc1)c1ccccc1Oc1ccc([AsH2])cc1. The first-order valence-electron chi connectivity index (χ1n) is 10.2. The molecule has 0 spiro atoms. The van der Waals surface area contributed by atoms with Crippen LogP contribution >= 0.6 is 0 Å². The van der Waals surface area contributed by atoms with Crippen LogP contribution in [0.2, 0.25) is 0 Å². The van der Waals surface area contributed by atoms with E-state index >= 15 is 0 Å². The Morgan fingerprint density at radius 3 is 1.26 bits per heavy atom. The van der Waals surface area contributed by atoms with Crippen molar-refractivity contribution in [2.45, 2.75) is 19.3 Å². The van der Waals surface area contributed by atoms with Gasteiger partial charge in [-0.3, -0.25) is 0 Å². The number of para-hydroxylation sites is 2. The van der Waals surface area contributed by atoms with Crippen LogP contribution in [-0.4, -0.2) is 33.7 Å². The monoisotopic (exact) mass is 532 g/mol. The summed E-state index contributed by atoms with van der Waals surface area (Å²) in [4.78, 5) is 0. The minimum atomic E-state index is -0.325. The van der Waals surface area contributed by atoms with E-state index in [9.17, 15) is 0 Å². The van der Waals surface area contributed by atoms with Crippen LogP contribution in [0.15, 0.2) is 97.1 Å². The van der Waals surface area contributed by atoms with Gasteiger partial charge in [-0.25, -0.2) is 0 Å². The van der Waals surface area contributed by atoms with Gasteiger partial charge in [0.05, 0.1) is 0 Å². The molecule has 2 atom stereocenters. The zero-order chi connectivity index (χ0) is 21.8. The van der Waals surface area contributed by atoms with Crippen molar-refractivity contribution in [3.63, 3.8) is 0 Å². The van der Waals surface area contributed by atoms with E-state index in [1.807, 2.05) is 48.5 Å². The van der Waals surface area contributed by atoms with Gasteiger partial charge in [0.15, 0.2) is 0 Å². The molecule has 2 unspecified atom stereocenters. The van der Waals surface area contributed by atoms with Crippen LogP contribution in [0.4, 0.5) is 0 Å². The van der Waals surface area contributed by atoms with Crippen molar-refractivity contribution >= 4 is 42.4 Å². The summed E-state index contributed by atoms with van der Waals surface area (Å²) in [5, 5.41) is 0. The second-order valence-electron chi connectivity index (χ2n) is 7.96. The van der Waals surface area contributed by atoms with Crippen LogP contribution in [0, 0.1) is 0 Å². The zero-order valence-corrected chi connectivity index (χ0v) is 22.6. The molecule has 4 rings (SSSR count). The van der Waals surface area contributed by atoms with Gasteiger partial charge >= 0.3 is 202 Å². The molecule has 0 aliphatic heterocycles. The first-order chi connectivity index (χ1) is 14.9. The molecule has 0 fully saturated rings. The molecule has 4 aromatic carbocycles. The predicted octanol–water partition coefficient (Wildman–Crippen LogP) is 4.11. The normalized spacial score (nSPS) is 11.2. The quantitative estimate of drug-likeness (QED) is 0.348. The molecule has 0 aliphatic carbocycles. The molecule has 0 bridgehead atoms. The maximum atomic E-state index is 6.31. The van der Waals surface area contributed by atoms with Crippen LogP contribution in [0.1, 0.15) is 25.0 Å². The van der Waals surface area contributed by atoms with Gasteiger partial charge in [0.2, 0.25) is 0 Å². The number of benzene rings is 4. The van der Waals surface area contributed by atoms with E-state index in [1.54, 1.807) is 33.7 Å². The van der Waals surface area contributed by atoms with E-state index < -0.39 is 0 Å². The van der Waals surface area contributed by atoms with Crippen LogP contribution in [0.25, 0.3) is 0 Å². The Labute approximate surface area is 201 Å². The van der Waals surface area contributed by atoms with Crippen LogP contribution in [0.5, 0.6) is 23.0 Å². The van der Waals surface area contributed by atoms with Crippen LogP contribution in [0.3, 0.4) is 0 Å². The van der Waals surface area contributed by atoms with Gasteiger partial charge in [-0.1, -0.05) is 0 Å². The van der Waals surface area contributed by atoms with Crippen molar-refractivity contribution in [1.82, 2.24) is 0 Å². The van der Waals surface area contributed by atoms with Crippen molar-refractivity contribution in [3.05, 3.63) is 108 Å². The average Bonchev–Trinajstić information content (AvgIpc) is 2.77. The van der Waals surface area contributed by atoms with Gasteiger partial charge in [0.1, 0.15) is 0 Å². The third-order valence-electron chi connectivity index (χ3n) is 5.34. The summed E-state index contributed by atoms with van der Waals surface area (Å²) in [6, 6.07) is 33.0. The zero-order valence-electron chi connectivity index (χ0n) is 17.7. The molecule has 0 saturated carbocycles. The fourth-order valence-corrected chi connectivity index (χ4v) is 4.42. The van der Waals surface area contributed by atoms with Crippen LogP contribution < -0.4 is 18.2 Å². The van der Waals surface area contributed by atoms with E-state index in [0.717, 1.165) is 34.1 Å². The summed E-state index contributed by atoms with van der Waals surface area (Å²) >= 11 is 3.22. The Balaban J connectivity index is 1.71. The van der Waals surface area contributed by atoms with Crippen molar-refractivity contribution in [3.8, 4) is 23.0 Å². The summed E-state index contributed by atoms with van der Waals surface area (Å²) in [6.07, 6.45) is 0. The molecule has 2 nitrogen and oxygen atoms in total. The summed E-state index contributed by atoms with van der Waals surface area (Å²) < 4.78 is 15.2. The molecule has 31 heavy (non-hydrogen) atoms. The minimum absolute atomic E-state index is 0.325. The molecule has 0 radical (unpaired) electrons. The topological polar surface area (TPSA) is 18.5 Å². The standard InChI is InChI=1S/C27H26As2O2/c1-27(2,23-7-3-5-9-25(23)30-21-15-11-19(28)12-16-21)24-8-4-6-10-26(24)31-22-17-13-20(29)14-18-22/h3-18H,28-29H2,1-2H3. The van der Waals surface area contributed by atoms with E-state index in [1.165, 1.54) is 8.70 Å². The fraction of sp³-hybridized carbons (Fsp3) is 0.111. The Morgan fingerprint density at radius 2 is 0.871 bits per heavy atom. The molecule has 0 heterocycles. The fourth-order valence-electron chi connectivity index (χ4n) is 3.61. The molecule has 4 aromatic rings. The van der Waals surface area contributed by atoms with Gasteiger partial charge in [-0.15, -0.1) is 0 Å². The van der Waals surface area contributed by atoms with Crippen molar-refractivity contribution in [1.29, 1.82) is 0 Å². The average molecular weight is 532 g/mol. The van der Waals surface area contributed by atoms with Gasteiger partial charge in [0, 0.05) is 0 Å². The van der Waals surface area contributed by atoms with Gasteiger partial charge in [-0.05, 0) is 0 Å². The molecule has 0 amide bonds. The third-order valence-corrected chi connectivity index (χ3v) is 6.95. The second kappa shape index (κ2) is 9.39. The Bertz CT molecular complexity index is 1070.